The number of hydrogen-bond acceptors (Lipinski definition) is 5. The number of rotatable bonds is 6. The summed E-state index contributed by atoms with van der Waals surface area (Å²) in [5.74, 6) is -0.517. The number of carboxylic acids is 1. The monoisotopic (exact) mass is 260 g/mol. The molecule has 18 heavy (non-hydrogen) atoms. The molecule has 0 spiro atoms. The van der Waals surface area contributed by atoms with Gasteiger partial charge in [-0.1, -0.05) is 0 Å². The number of hydroxylamine groups is 1. The van der Waals surface area contributed by atoms with Gasteiger partial charge in [0, 0.05) is 13.6 Å². The highest BCUT2D eigenvalue weighted by Crippen LogP contribution is 1.99. The first-order valence-corrected chi connectivity index (χ1v) is 5.61. The number of nitrogens with one attached hydrogen (secondary N) is 2. The molecule has 0 rings (SSSR count). The lowest BCUT2D eigenvalue weighted by Gasteiger charge is -2.06. The first kappa shape index (κ1) is 16.2. The Balaban J connectivity index is 3.62. The number of amidine groups is 1. The van der Waals surface area contributed by atoms with E-state index in [-0.39, 0.29) is 0 Å². The lowest BCUT2D eigenvalue weighted by atomic mass is 10.1. The maximum absolute atomic E-state index is 10.7. The number of hydrogen-bond donors (Lipinski definition) is 4. The summed E-state index contributed by atoms with van der Waals surface area (Å²) in [6.45, 7) is 2.17. The second-order valence-corrected chi connectivity index (χ2v) is 3.65. The van der Waals surface area contributed by atoms with Gasteiger partial charge in [-0.05, 0) is 26.2 Å². The van der Waals surface area contributed by atoms with Crippen molar-refractivity contribution in [3.63, 3.8) is 0 Å². The van der Waals surface area contributed by atoms with E-state index in [0.29, 0.717) is 25.2 Å². The van der Waals surface area contributed by atoms with Crippen LogP contribution >= 0.6 is 0 Å². The summed E-state index contributed by atoms with van der Waals surface area (Å²) in [4.78, 5) is 29.8. The molecule has 1 atom stereocenters. The van der Waals surface area contributed by atoms with E-state index in [1.807, 2.05) is 0 Å². The van der Waals surface area contributed by atoms with Gasteiger partial charge in [0.15, 0.2) is 0 Å². The molecule has 0 aliphatic rings. The molecule has 8 nitrogen and oxygen atoms in total. The van der Waals surface area contributed by atoms with Gasteiger partial charge in [-0.15, -0.1) is 0 Å². The number of carboxylic acid groups (broad SMARTS) is 1. The fourth-order valence-corrected chi connectivity index (χ4v) is 1.05. The van der Waals surface area contributed by atoms with Gasteiger partial charge in [-0.25, -0.2) is 10.3 Å². The summed E-state index contributed by atoms with van der Waals surface area (Å²) in [5.41, 5.74) is 7.71. The zero-order chi connectivity index (χ0) is 14.0. The Hall–Kier alpha value is -1.83. The lowest BCUT2D eigenvalue weighted by molar-refractivity contribution is -0.138. The second-order valence-electron chi connectivity index (χ2n) is 3.65. The van der Waals surface area contributed by atoms with Crippen molar-refractivity contribution in [3.05, 3.63) is 0 Å². The molecule has 0 aromatic carbocycles. The van der Waals surface area contributed by atoms with E-state index in [2.05, 4.69) is 20.6 Å². The molecule has 0 aliphatic carbocycles. The van der Waals surface area contributed by atoms with Crippen LogP contribution in [0.15, 0.2) is 4.99 Å². The third-order valence-electron chi connectivity index (χ3n) is 2.08. The van der Waals surface area contributed by atoms with Crippen molar-refractivity contribution in [2.45, 2.75) is 32.2 Å². The van der Waals surface area contributed by atoms with Crippen molar-refractivity contribution in [1.29, 1.82) is 0 Å². The van der Waals surface area contributed by atoms with E-state index >= 15 is 0 Å². The second kappa shape index (κ2) is 9.23. The number of aliphatic imine (C=N–C) groups is 1. The number of carbonyl (C=O) groups is 2. The van der Waals surface area contributed by atoms with Gasteiger partial charge in [-0.3, -0.25) is 9.79 Å². The highest BCUT2D eigenvalue weighted by atomic mass is 16.7. The van der Waals surface area contributed by atoms with E-state index in [4.69, 9.17) is 10.8 Å². The minimum absolute atomic E-state index is 0.423. The van der Waals surface area contributed by atoms with Crippen LogP contribution in [0.25, 0.3) is 0 Å². The highest BCUT2D eigenvalue weighted by molar-refractivity contribution is 5.80. The van der Waals surface area contributed by atoms with Crippen LogP contribution in [0.4, 0.5) is 4.79 Å². The zero-order valence-electron chi connectivity index (χ0n) is 10.6. The first-order chi connectivity index (χ1) is 8.47. The predicted octanol–water partition coefficient (Wildman–Crippen LogP) is -0.152. The Labute approximate surface area is 106 Å². The smallest absolute Gasteiger partial charge is 0.431 e. The molecule has 0 aromatic heterocycles. The Bertz CT molecular complexity index is 306. The molecule has 0 bridgehead atoms. The predicted molar refractivity (Wildman–Crippen MR) is 66.1 cm³/mol. The molecule has 5 N–H and O–H groups in total. The maximum Gasteiger partial charge on any atom is 0.431 e. The molecular formula is C10H20N4O4. The average Bonchev–Trinajstić information content (AvgIpc) is 2.34. The summed E-state index contributed by atoms with van der Waals surface area (Å²) in [6.07, 6.45) is 1.23. The standard InChI is InChI=1S/C10H20N4O4/c1-7(14-18-10(17)12-2)13-6-4-3-5-8(11)9(15)16/h8H,3-6,11H2,1-2H3,(H,12,17)(H,13,14)(H,15,16). The van der Waals surface area contributed by atoms with Gasteiger partial charge >= 0.3 is 12.1 Å². The molecule has 0 saturated heterocycles. The maximum atomic E-state index is 10.7. The lowest BCUT2D eigenvalue weighted by Crippen LogP contribution is -2.30. The van der Waals surface area contributed by atoms with E-state index in [1.54, 1.807) is 6.92 Å². The molecule has 0 radical (unpaired) electrons. The number of nitrogens with zero attached hydrogens (tertiary/aromatic N) is 1. The average molecular weight is 260 g/mol. The SMILES string of the molecule is CNC(=O)ONC(C)=NCCCCC(N)C(=O)O. The molecule has 0 heterocycles. The van der Waals surface area contributed by atoms with Crippen molar-refractivity contribution in [2.75, 3.05) is 13.6 Å². The van der Waals surface area contributed by atoms with Crippen LogP contribution in [0.3, 0.4) is 0 Å². The van der Waals surface area contributed by atoms with E-state index < -0.39 is 18.1 Å². The summed E-state index contributed by atoms with van der Waals surface area (Å²) >= 11 is 0. The minimum Gasteiger partial charge on any atom is -0.480 e. The number of amides is 1. The molecule has 0 aromatic rings. The van der Waals surface area contributed by atoms with Crippen LogP contribution in [-0.2, 0) is 9.63 Å². The van der Waals surface area contributed by atoms with Crippen LogP contribution in [0.2, 0.25) is 0 Å². The van der Waals surface area contributed by atoms with Crippen molar-refractivity contribution < 1.29 is 19.5 Å². The largest absolute Gasteiger partial charge is 0.480 e. The highest BCUT2D eigenvalue weighted by Gasteiger charge is 2.09. The molecule has 0 fully saturated rings. The first-order valence-electron chi connectivity index (χ1n) is 5.61. The summed E-state index contributed by atoms with van der Waals surface area (Å²) in [6, 6.07) is -0.815. The van der Waals surface area contributed by atoms with Crippen LogP contribution in [0, 0.1) is 0 Å². The number of nitrogens with two attached hydrogens (primary N) is 1. The van der Waals surface area contributed by atoms with Crippen LogP contribution in [0.5, 0.6) is 0 Å². The molecule has 0 saturated carbocycles. The van der Waals surface area contributed by atoms with Crippen molar-refractivity contribution in [1.82, 2.24) is 10.8 Å². The van der Waals surface area contributed by atoms with Crippen molar-refractivity contribution in [2.24, 2.45) is 10.7 Å². The molecule has 8 heteroatoms. The van der Waals surface area contributed by atoms with Gasteiger partial charge in [0.2, 0.25) is 0 Å². The van der Waals surface area contributed by atoms with E-state index in [9.17, 15) is 9.59 Å². The zero-order valence-corrected chi connectivity index (χ0v) is 10.6. The third-order valence-corrected chi connectivity index (χ3v) is 2.08. The van der Waals surface area contributed by atoms with Crippen molar-refractivity contribution in [3.8, 4) is 0 Å². The van der Waals surface area contributed by atoms with Gasteiger partial charge < -0.3 is 21.0 Å². The summed E-state index contributed by atoms with van der Waals surface area (Å²) < 4.78 is 0. The summed E-state index contributed by atoms with van der Waals surface area (Å²) in [5, 5.41) is 10.8. The molecular weight excluding hydrogens is 240 g/mol. The molecule has 104 valence electrons. The van der Waals surface area contributed by atoms with Crippen LogP contribution < -0.4 is 16.5 Å². The fraction of sp³-hybridized carbons (Fsp3) is 0.700. The Kier molecular flexibility index (Phi) is 8.29. The van der Waals surface area contributed by atoms with Gasteiger partial charge in [0.05, 0.1) is 0 Å². The van der Waals surface area contributed by atoms with Crippen LogP contribution in [0.1, 0.15) is 26.2 Å². The van der Waals surface area contributed by atoms with Gasteiger partial charge in [0.1, 0.15) is 11.9 Å². The van der Waals surface area contributed by atoms with Gasteiger partial charge in [-0.2, -0.15) is 0 Å². The summed E-state index contributed by atoms with van der Waals surface area (Å²) in [7, 11) is 1.45. The third kappa shape index (κ3) is 8.34. The molecule has 1 unspecified atom stereocenters. The molecule has 1 amide bonds. The van der Waals surface area contributed by atoms with Crippen molar-refractivity contribution >= 4 is 17.9 Å². The van der Waals surface area contributed by atoms with Crippen LogP contribution in [-0.4, -0.2) is 42.6 Å². The number of carbonyl (C=O) groups excluding carboxylic acids is 1. The topological polar surface area (TPSA) is 126 Å². The Morgan fingerprint density at radius 2 is 2.11 bits per heavy atom. The van der Waals surface area contributed by atoms with Gasteiger partial charge in [0.25, 0.3) is 0 Å². The number of aliphatic carboxylic acids is 1. The Morgan fingerprint density at radius 1 is 1.44 bits per heavy atom. The quantitative estimate of drug-likeness (QED) is 0.228. The molecule has 0 aliphatic heterocycles. The normalized spacial score (nSPS) is 12.7. The van der Waals surface area contributed by atoms with E-state index in [0.717, 1.165) is 6.42 Å². The Morgan fingerprint density at radius 3 is 2.67 bits per heavy atom. The van der Waals surface area contributed by atoms with E-state index in [1.165, 1.54) is 7.05 Å². The number of unbranched alkanes of at least 4 members (excludes halogenated alkanes) is 1. The fourth-order valence-electron chi connectivity index (χ4n) is 1.05. The minimum atomic E-state index is -0.990.